The summed E-state index contributed by atoms with van der Waals surface area (Å²) >= 11 is 1.33. The molecule has 20 heavy (non-hydrogen) atoms. The summed E-state index contributed by atoms with van der Waals surface area (Å²) in [6, 6.07) is 0. The molecule has 3 N–H and O–H groups in total. The Hall–Kier alpha value is -1.34. The lowest BCUT2D eigenvalue weighted by molar-refractivity contribution is 0.0659. The Kier molecular flexibility index (Phi) is 4.82. The van der Waals surface area contributed by atoms with Crippen molar-refractivity contribution >= 4 is 28.2 Å². The SMILES string of the molecule is CN(C)c1nc(N)c(C(=O)N2CCCC(CCO)C2)s1. The van der Waals surface area contributed by atoms with Crippen LogP contribution >= 0.6 is 11.3 Å². The molecule has 0 bridgehead atoms. The summed E-state index contributed by atoms with van der Waals surface area (Å²) < 4.78 is 0. The first-order chi connectivity index (χ1) is 9.52. The van der Waals surface area contributed by atoms with Gasteiger partial charge in [0.15, 0.2) is 5.13 Å². The molecule has 1 aliphatic rings. The van der Waals surface area contributed by atoms with E-state index in [-0.39, 0.29) is 12.5 Å². The number of rotatable bonds is 4. The van der Waals surface area contributed by atoms with Crippen LogP contribution in [0.2, 0.25) is 0 Å². The Balaban J connectivity index is 2.10. The van der Waals surface area contributed by atoms with Crippen LogP contribution in [-0.2, 0) is 0 Å². The van der Waals surface area contributed by atoms with E-state index in [1.54, 1.807) is 0 Å². The second kappa shape index (κ2) is 6.41. The van der Waals surface area contributed by atoms with Gasteiger partial charge in [-0.3, -0.25) is 4.79 Å². The molecule has 2 rings (SSSR count). The van der Waals surface area contributed by atoms with Crippen molar-refractivity contribution in [2.24, 2.45) is 5.92 Å². The molecular weight excluding hydrogens is 276 g/mol. The normalized spacial score (nSPS) is 19.1. The monoisotopic (exact) mass is 298 g/mol. The summed E-state index contributed by atoms with van der Waals surface area (Å²) in [5.74, 6) is 0.670. The van der Waals surface area contributed by atoms with Gasteiger partial charge < -0.3 is 20.6 Å². The zero-order valence-corrected chi connectivity index (χ0v) is 12.8. The van der Waals surface area contributed by atoms with E-state index in [0.717, 1.165) is 30.9 Å². The number of carbonyl (C=O) groups excluding carboxylic acids is 1. The van der Waals surface area contributed by atoms with E-state index in [0.29, 0.717) is 23.2 Å². The fourth-order valence-corrected chi connectivity index (χ4v) is 3.35. The fourth-order valence-electron chi connectivity index (χ4n) is 2.48. The molecule has 1 amide bonds. The third-order valence-electron chi connectivity index (χ3n) is 3.56. The fraction of sp³-hybridized carbons (Fsp3) is 0.692. The lowest BCUT2D eigenvalue weighted by atomic mass is 9.95. The number of aliphatic hydroxyl groups excluding tert-OH is 1. The standard InChI is InChI=1S/C13H22N4O2S/c1-16(2)13-15-11(14)10(20-13)12(19)17-6-3-4-9(8-17)5-7-18/h9,18H,3-8,14H2,1-2H3. The quantitative estimate of drug-likeness (QED) is 0.867. The Bertz CT molecular complexity index is 473. The van der Waals surface area contributed by atoms with Crippen molar-refractivity contribution in [2.45, 2.75) is 19.3 Å². The molecule has 7 heteroatoms. The van der Waals surface area contributed by atoms with Crippen LogP contribution in [0.5, 0.6) is 0 Å². The number of hydrogen-bond acceptors (Lipinski definition) is 6. The predicted octanol–water partition coefficient (Wildman–Crippen LogP) is 1.03. The molecule has 1 fully saturated rings. The van der Waals surface area contributed by atoms with Gasteiger partial charge in [-0.15, -0.1) is 0 Å². The van der Waals surface area contributed by atoms with Crippen molar-refractivity contribution in [3.63, 3.8) is 0 Å². The van der Waals surface area contributed by atoms with Gasteiger partial charge in [0.1, 0.15) is 10.7 Å². The second-order valence-corrected chi connectivity index (χ2v) is 6.35. The molecule has 112 valence electrons. The molecule has 0 aromatic carbocycles. The summed E-state index contributed by atoms with van der Waals surface area (Å²) in [6.07, 6.45) is 2.81. The number of nitrogens with two attached hydrogens (primary N) is 1. The lowest BCUT2D eigenvalue weighted by Crippen LogP contribution is -2.40. The van der Waals surface area contributed by atoms with Crippen LogP contribution in [0.1, 0.15) is 28.9 Å². The third-order valence-corrected chi connectivity index (χ3v) is 4.79. The van der Waals surface area contributed by atoms with Gasteiger partial charge in [0, 0.05) is 33.8 Å². The molecule has 1 unspecified atom stereocenters. The van der Waals surface area contributed by atoms with Crippen molar-refractivity contribution < 1.29 is 9.90 Å². The molecule has 0 spiro atoms. The molecule has 1 atom stereocenters. The summed E-state index contributed by atoms with van der Waals surface area (Å²) in [5, 5.41) is 9.78. The molecule has 1 saturated heterocycles. The highest BCUT2D eigenvalue weighted by molar-refractivity contribution is 7.18. The van der Waals surface area contributed by atoms with Gasteiger partial charge in [0.25, 0.3) is 5.91 Å². The molecule has 1 aliphatic heterocycles. The molecule has 1 aromatic rings. The van der Waals surface area contributed by atoms with E-state index in [1.807, 2.05) is 23.9 Å². The zero-order valence-electron chi connectivity index (χ0n) is 12.0. The number of nitrogens with zero attached hydrogens (tertiary/aromatic N) is 3. The van der Waals surface area contributed by atoms with Crippen LogP contribution in [0.3, 0.4) is 0 Å². The highest BCUT2D eigenvalue weighted by atomic mass is 32.1. The number of hydrogen-bond donors (Lipinski definition) is 2. The summed E-state index contributed by atoms with van der Waals surface area (Å²) in [6.45, 7) is 1.64. The molecule has 2 heterocycles. The Morgan fingerprint density at radius 3 is 2.95 bits per heavy atom. The van der Waals surface area contributed by atoms with Gasteiger partial charge in [-0.25, -0.2) is 4.98 Å². The van der Waals surface area contributed by atoms with Crippen molar-refractivity contribution in [1.82, 2.24) is 9.88 Å². The third kappa shape index (κ3) is 3.21. The number of likely N-dealkylation sites (tertiary alicyclic amines) is 1. The molecule has 0 radical (unpaired) electrons. The number of piperidine rings is 1. The van der Waals surface area contributed by atoms with E-state index in [2.05, 4.69) is 4.98 Å². The van der Waals surface area contributed by atoms with Crippen molar-refractivity contribution in [3.8, 4) is 0 Å². The van der Waals surface area contributed by atoms with Crippen LogP contribution in [-0.4, -0.2) is 54.7 Å². The number of amides is 1. The van der Waals surface area contributed by atoms with Crippen LogP contribution in [0, 0.1) is 5.92 Å². The van der Waals surface area contributed by atoms with Crippen molar-refractivity contribution in [2.75, 3.05) is 44.4 Å². The minimum atomic E-state index is -0.0317. The van der Waals surface area contributed by atoms with E-state index in [4.69, 9.17) is 10.8 Å². The molecule has 0 aliphatic carbocycles. The maximum Gasteiger partial charge on any atom is 0.267 e. The number of aromatic nitrogens is 1. The van der Waals surface area contributed by atoms with Crippen LogP contribution in [0.15, 0.2) is 0 Å². The maximum absolute atomic E-state index is 12.5. The largest absolute Gasteiger partial charge is 0.396 e. The Morgan fingerprint density at radius 1 is 1.60 bits per heavy atom. The van der Waals surface area contributed by atoms with Crippen LogP contribution in [0.25, 0.3) is 0 Å². The van der Waals surface area contributed by atoms with E-state index in [1.165, 1.54) is 11.3 Å². The highest BCUT2D eigenvalue weighted by Gasteiger charge is 2.27. The van der Waals surface area contributed by atoms with Gasteiger partial charge in [-0.05, 0) is 25.2 Å². The number of carbonyl (C=O) groups is 1. The van der Waals surface area contributed by atoms with Crippen molar-refractivity contribution in [3.05, 3.63) is 4.88 Å². The average Bonchev–Trinajstić information content (AvgIpc) is 2.81. The highest BCUT2D eigenvalue weighted by Crippen LogP contribution is 2.29. The zero-order chi connectivity index (χ0) is 14.7. The predicted molar refractivity (Wildman–Crippen MR) is 81.2 cm³/mol. The number of anilines is 2. The second-order valence-electron chi connectivity index (χ2n) is 5.38. The molecule has 1 aromatic heterocycles. The molecule has 6 nitrogen and oxygen atoms in total. The summed E-state index contributed by atoms with van der Waals surface area (Å²) in [7, 11) is 3.76. The number of aliphatic hydroxyl groups is 1. The van der Waals surface area contributed by atoms with Crippen LogP contribution < -0.4 is 10.6 Å². The molecule has 0 saturated carbocycles. The number of nitrogen functional groups attached to an aromatic ring is 1. The average molecular weight is 298 g/mol. The Morgan fingerprint density at radius 2 is 2.35 bits per heavy atom. The summed E-state index contributed by atoms with van der Waals surface area (Å²) in [4.78, 5) is 21.0. The van der Waals surface area contributed by atoms with Gasteiger partial charge in [0.2, 0.25) is 0 Å². The lowest BCUT2D eigenvalue weighted by Gasteiger charge is -2.32. The number of thiazole rings is 1. The first-order valence-electron chi connectivity index (χ1n) is 6.86. The van der Waals surface area contributed by atoms with E-state index in [9.17, 15) is 4.79 Å². The maximum atomic E-state index is 12.5. The van der Waals surface area contributed by atoms with Crippen molar-refractivity contribution in [1.29, 1.82) is 0 Å². The minimum Gasteiger partial charge on any atom is -0.396 e. The smallest absolute Gasteiger partial charge is 0.267 e. The summed E-state index contributed by atoms with van der Waals surface area (Å²) in [5.41, 5.74) is 5.87. The van der Waals surface area contributed by atoms with E-state index < -0.39 is 0 Å². The molecular formula is C13H22N4O2S. The van der Waals surface area contributed by atoms with Gasteiger partial charge in [0.05, 0.1) is 0 Å². The first-order valence-corrected chi connectivity index (χ1v) is 7.68. The van der Waals surface area contributed by atoms with Gasteiger partial charge in [-0.1, -0.05) is 11.3 Å². The first kappa shape index (κ1) is 15.1. The minimum absolute atomic E-state index is 0.0317. The van der Waals surface area contributed by atoms with Gasteiger partial charge >= 0.3 is 0 Å². The van der Waals surface area contributed by atoms with Crippen LogP contribution in [0.4, 0.5) is 10.9 Å². The van der Waals surface area contributed by atoms with Gasteiger partial charge in [-0.2, -0.15) is 0 Å². The Labute approximate surface area is 123 Å². The van der Waals surface area contributed by atoms with E-state index >= 15 is 0 Å². The topological polar surface area (TPSA) is 82.7 Å².